The van der Waals surface area contributed by atoms with Crippen LogP contribution in [0.4, 0.5) is 11.6 Å². The molecule has 4 heterocycles. The summed E-state index contributed by atoms with van der Waals surface area (Å²) >= 11 is 0. The lowest BCUT2D eigenvalue weighted by Gasteiger charge is -2.33. The van der Waals surface area contributed by atoms with Gasteiger partial charge in [0.1, 0.15) is 0 Å². The first-order chi connectivity index (χ1) is 13.3. The van der Waals surface area contributed by atoms with Gasteiger partial charge in [0.25, 0.3) is 0 Å². The maximum atomic E-state index is 5.11. The summed E-state index contributed by atoms with van der Waals surface area (Å²) in [7, 11) is 1.70. The van der Waals surface area contributed by atoms with Crippen LogP contribution in [0.3, 0.4) is 0 Å². The first-order valence-corrected chi connectivity index (χ1v) is 9.23. The van der Waals surface area contributed by atoms with Gasteiger partial charge < -0.3 is 15.0 Å². The molecule has 1 aliphatic rings. The lowest BCUT2D eigenvalue weighted by atomic mass is 9.90. The molecule has 9 heteroatoms. The van der Waals surface area contributed by atoms with Crippen LogP contribution in [0.1, 0.15) is 30.7 Å². The quantitative estimate of drug-likeness (QED) is 0.628. The Morgan fingerprint density at radius 2 is 1.89 bits per heavy atom. The molecule has 0 unspecified atom stereocenters. The monoisotopic (exact) mass is 369 g/mol. The second-order valence-corrected chi connectivity index (χ2v) is 6.62. The number of nitrogens with zero attached hydrogens (tertiary/aromatic N) is 6. The molecule has 0 aliphatic carbocycles. The Bertz CT molecular complexity index is 863. The summed E-state index contributed by atoms with van der Waals surface area (Å²) in [5.41, 5.74) is 2.20. The third-order valence-electron chi connectivity index (χ3n) is 4.89. The molecule has 1 aliphatic heterocycles. The van der Waals surface area contributed by atoms with Crippen LogP contribution in [0.25, 0.3) is 11.3 Å². The Hall–Kier alpha value is -2.81. The Morgan fingerprint density at radius 3 is 2.63 bits per heavy atom. The molecule has 3 aromatic heterocycles. The average molecular weight is 369 g/mol. The van der Waals surface area contributed by atoms with Crippen molar-refractivity contribution in [2.24, 2.45) is 0 Å². The van der Waals surface area contributed by atoms with Gasteiger partial charge in [-0.15, -0.1) is 0 Å². The molecule has 0 amide bonds. The van der Waals surface area contributed by atoms with Gasteiger partial charge in [0.05, 0.1) is 0 Å². The molecule has 0 radical (unpaired) electrons. The number of methoxy groups -OCH3 is 1. The van der Waals surface area contributed by atoms with Crippen molar-refractivity contribution >= 4 is 22.9 Å². The topological polar surface area (TPSA) is 102 Å². The van der Waals surface area contributed by atoms with Crippen molar-refractivity contribution in [1.82, 2.24) is 25.3 Å². The van der Waals surface area contributed by atoms with Gasteiger partial charge in [0.2, 0.25) is 11.3 Å². The number of piperidine rings is 1. The van der Waals surface area contributed by atoms with Crippen LogP contribution in [-0.4, -0.2) is 58.6 Å². The molecule has 0 saturated carbocycles. The predicted molar refractivity (Wildman–Crippen MR) is 101 cm³/mol. The highest BCUT2D eigenvalue weighted by Gasteiger charge is 2.25. The highest BCUT2D eigenvalue weighted by molar-refractivity contribution is 5.74. The van der Waals surface area contributed by atoms with Crippen LogP contribution in [0.15, 0.2) is 29.2 Å². The lowest BCUT2D eigenvalue weighted by molar-refractivity contribution is 0.198. The van der Waals surface area contributed by atoms with Gasteiger partial charge in [-0.3, -0.25) is 4.98 Å². The molecule has 0 atom stereocenters. The van der Waals surface area contributed by atoms with E-state index in [0.717, 1.165) is 50.5 Å². The number of ether oxygens (including phenoxy) is 1. The number of hydrogen-bond donors (Lipinski definition) is 1. The number of pyridine rings is 1. The van der Waals surface area contributed by atoms with Crippen LogP contribution in [-0.2, 0) is 4.74 Å². The van der Waals surface area contributed by atoms with Gasteiger partial charge >= 0.3 is 0 Å². The summed E-state index contributed by atoms with van der Waals surface area (Å²) in [5.74, 6) is 2.08. The summed E-state index contributed by atoms with van der Waals surface area (Å²) in [6.45, 7) is 3.26. The number of anilines is 2. The molecule has 1 saturated heterocycles. The Kier molecular flexibility index (Phi) is 5.38. The molecular formula is C18H23N7O2. The van der Waals surface area contributed by atoms with Crippen LogP contribution >= 0.6 is 0 Å². The van der Waals surface area contributed by atoms with Gasteiger partial charge in [-0.2, -0.15) is 0 Å². The van der Waals surface area contributed by atoms with Crippen LogP contribution < -0.4 is 10.2 Å². The first-order valence-electron chi connectivity index (χ1n) is 9.23. The average Bonchev–Trinajstić information content (AvgIpc) is 3.19. The number of hydrogen-bond acceptors (Lipinski definition) is 9. The van der Waals surface area contributed by atoms with E-state index in [1.807, 2.05) is 12.4 Å². The number of aromatic nitrogens is 5. The normalized spacial score (nSPS) is 15.4. The van der Waals surface area contributed by atoms with Gasteiger partial charge in [-0.05, 0) is 53.2 Å². The second-order valence-electron chi connectivity index (χ2n) is 6.62. The summed E-state index contributed by atoms with van der Waals surface area (Å²) < 4.78 is 9.89. The van der Waals surface area contributed by atoms with Crippen molar-refractivity contribution in [2.45, 2.75) is 25.2 Å². The summed E-state index contributed by atoms with van der Waals surface area (Å²) in [5, 5.41) is 11.0. The van der Waals surface area contributed by atoms with Crippen molar-refractivity contribution in [2.75, 3.05) is 43.6 Å². The number of nitrogens with one attached hydrogen (secondary N) is 1. The minimum atomic E-state index is 0.416. The Labute approximate surface area is 157 Å². The van der Waals surface area contributed by atoms with E-state index in [1.165, 1.54) is 5.56 Å². The van der Waals surface area contributed by atoms with E-state index in [-0.39, 0.29) is 0 Å². The van der Waals surface area contributed by atoms with E-state index in [4.69, 9.17) is 9.37 Å². The predicted octanol–water partition coefficient (Wildman–Crippen LogP) is 2.24. The minimum Gasteiger partial charge on any atom is -0.385 e. The fraction of sp³-hybridized carbons (Fsp3) is 0.500. The standard InChI is InChI=1S/C18H23N7O2/c1-26-12-2-7-20-17-18(22-16-15(21-17)23-27-24-16)25-10-5-14(6-11-25)13-3-8-19-9-4-13/h3-4,8-9,14H,2,5-7,10-12H2,1H3,(H,20,21,23). The molecule has 1 N–H and O–H groups in total. The molecule has 4 rings (SSSR count). The fourth-order valence-corrected chi connectivity index (χ4v) is 3.45. The number of fused-ring (bicyclic) bond motifs is 1. The third kappa shape index (κ3) is 3.97. The van der Waals surface area contributed by atoms with Gasteiger partial charge in [0, 0.05) is 45.7 Å². The molecule has 0 aromatic carbocycles. The Balaban J connectivity index is 1.50. The van der Waals surface area contributed by atoms with Crippen molar-refractivity contribution in [3.63, 3.8) is 0 Å². The number of rotatable bonds is 7. The SMILES string of the molecule is COCCCNc1nc2nonc2nc1N1CCC(c2ccncc2)CC1. The molecular weight excluding hydrogens is 346 g/mol. The molecule has 3 aromatic rings. The van der Waals surface area contributed by atoms with E-state index >= 15 is 0 Å². The van der Waals surface area contributed by atoms with E-state index < -0.39 is 0 Å². The minimum absolute atomic E-state index is 0.416. The van der Waals surface area contributed by atoms with E-state index in [0.29, 0.717) is 23.8 Å². The maximum Gasteiger partial charge on any atom is 0.245 e. The van der Waals surface area contributed by atoms with Crippen molar-refractivity contribution in [3.05, 3.63) is 30.1 Å². The zero-order chi connectivity index (χ0) is 18.5. The molecule has 142 valence electrons. The molecule has 9 nitrogen and oxygen atoms in total. The lowest BCUT2D eigenvalue weighted by Crippen LogP contribution is -2.34. The zero-order valence-corrected chi connectivity index (χ0v) is 15.3. The smallest absolute Gasteiger partial charge is 0.245 e. The molecule has 1 fully saturated rings. The van der Waals surface area contributed by atoms with Gasteiger partial charge in [-0.25, -0.2) is 14.6 Å². The highest BCUT2D eigenvalue weighted by atomic mass is 16.6. The third-order valence-corrected chi connectivity index (χ3v) is 4.89. The maximum absolute atomic E-state index is 5.11. The van der Waals surface area contributed by atoms with E-state index in [9.17, 15) is 0 Å². The van der Waals surface area contributed by atoms with E-state index in [2.05, 4.69) is 47.6 Å². The molecule has 0 bridgehead atoms. The van der Waals surface area contributed by atoms with E-state index in [1.54, 1.807) is 7.11 Å². The Morgan fingerprint density at radius 1 is 1.15 bits per heavy atom. The van der Waals surface area contributed by atoms with Crippen LogP contribution in [0, 0.1) is 0 Å². The fourth-order valence-electron chi connectivity index (χ4n) is 3.45. The molecule has 27 heavy (non-hydrogen) atoms. The first kappa shape index (κ1) is 17.6. The summed E-state index contributed by atoms with van der Waals surface area (Å²) in [6, 6.07) is 4.21. The highest BCUT2D eigenvalue weighted by Crippen LogP contribution is 2.32. The van der Waals surface area contributed by atoms with Crippen molar-refractivity contribution in [1.29, 1.82) is 0 Å². The van der Waals surface area contributed by atoms with Crippen LogP contribution in [0.2, 0.25) is 0 Å². The second kappa shape index (κ2) is 8.26. The largest absolute Gasteiger partial charge is 0.385 e. The molecule has 0 spiro atoms. The van der Waals surface area contributed by atoms with Gasteiger partial charge in [-0.1, -0.05) is 0 Å². The van der Waals surface area contributed by atoms with Crippen molar-refractivity contribution in [3.8, 4) is 0 Å². The van der Waals surface area contributed by atoms with Crippen molar-refractivity contribution < 1.29 is 9.37 Å². The van der Waals surface area contributed by atoms with Crippen LogP contribution in [0.5, 0.6) is 0 Å². The van der Waals surface area contributed by atoms with Gasteiger partial charge in [0.15, 0.2) is 11.6 Å². The summed E-state index contributed by atoms with van der Waals surface area (Å²) in [4.78, 5) is 15.6. The summed E-state index contributed by atoms with van der Waals surface area (Å²) in [6.07, 6.45) is 6.73. The zero-order valence-electron chi connectivity index (χ0n) is 15.3.